The lowest BCUT2D eigenvalue weighted by atomic mass is 9.89. The van der Waals surface area contributed by atoms with Crippen LogP contribution in [0, 0.1) is 29.9 Å². The molecule has 320 valence electrons. The smallest absolute Gasteiger partial charge is 0.410 e. The number of methoxy groups -OCH3 is 1. The number of amides is 1. The molecule has 3 saturated heterocycles. The van der Waals surface area contributed by atoms with Crippen molar-refractivity contribution in [3.8, 4) is 35.4 Å². The van der Waals surface area contributed by atoms with Gasteiger partial charge < -0.3 is 28.7 Å². The number of nitrogens with zero attached hydrogens (tertiary/aromatic N) is 6. The molecule has 4 atom stereocenters. The second kappa shape index (κ2) is 15.8. The van der Waals surface area contributed by atoms with Gasteiger partial charge in [-0.2, -0.15) is 23.1 Å². The fourth-order valence-electron chi connectivity index (χ4n) is 9.75. The summed E-state index contributed by atoms with van der Waals surface area (Å²) in [6.07, 6.45) is 3.45. The Hall–Kier alpha value is -5.01. The molecule has 2 aromatic carbocycles. The van der Waals surface area contributed by atoms with E-state index >= 15 is 8.78 Å². The zero-order valence-corrected chi connectivity index (χ0v) is 34.4. The van der Waals surface area contributed by atoms with E-state index < -0.39 is 47.4 Å². The average Bonchev–Trinajstić information content (AvgIpc) is 3.68. The molecule has 2 aromatic heterocycles. The first kappa shape index (κ1) is 41.7. The molecule has 60 heavy (non-hydrogen) atoms. The van der Waals surface area contributed by atoms with Crippen LogP contribution in [-0.4, -0.2) is 107 Å². The second-order valence-corrected chi connectivity index (χ2v) is 17.5. The third-order valence-corrected chi connectivity index (χ3v) is 12.3. The van der Waals surface area contributed by atoms with E-state index in [0.717, 1.165) is 6.42 Å². The molecule has 8 rings (SSSR count). The Bertz CT molecular complexity index is 2370. The highest BCUT2D eigenvalue weighted by Crippen LogP contribution is 2.46. The van der Waals surface area contributed by atoms with Crippen molar-refractivity contribution in [3.05, 3.63) is 47.2 Å². The van der Waals surface area contributed by atoms with E-state index in [0.29, 0.717) is 86.3 Å². The van der Waals surface area contributed by atoms with Gasteiger partial charge in [-0.15, -0.1) is 6.42 Å². The molecule has 0 bridgehead atoms. The summed E-state index contributed by atoms with van der Waals surface area (Å²) in [6, 6.07) is 5.26. The molecular weight excluding hydrogens is 788 g/mol. The van der Waals surface area contributed by atoms with Crippen LogP contribution in [0.15, 0.2) is 24.3 Å². The molecule has 0 aliphatic carbocycles. The number of rotatable bonds is 9. The van der Waals surface area contributed by atoms with Crippen molar-refractivity contribution in [2.24, 2.45) is 5.92 Å². The van der Waals surface area contributed by atoms with Gasteiger partial charge in [0.15, 0.2) is 12.6 Å². The number of aromatic nitrogens is 3. The minimum atomic E-state index is -4.29. The normalized spacial score (nSPS) is 23.1. The molecule has 4 aromatic rings. The number of hydrogen-bond donors (Lipinski definition) is 0. The Labute approximate surface area is 345 Å². The number of benzene rings is 2. The predicted octanol–water partition coefficient (Wildman–Crippen LogP) is 8.42. The van der Waals surface area contributed by atoms with Gasteiger partial charge in [0.05, 0.1) is 28.2 Å². The van der Waals surface area contributed by atoms with Gasteiger partial charge in [-0.05, 0) is 95.3 Å². The number of aryl methyl sites for hydroxylation is 1. The Kier molecular flexibility index (Phi) is 11.0. The molecule has 0 radical (unpaired) electrons. The third-order valence-electron chi connectivity index (χ3n) is 12.3. The standard InChI is InChI=1S/C44H49F5N6O5/c1-7-27-21-54-28(22-55(27)41(56)60-42(3,4)5)11-13-33-35-38(51-40(52-39(35)54)58-23-43-14-9-15-53(43)20-25(18-43)19-44(47,48)49)36(46)37(50-33)31-17-29(59-24-57-6)16-26-10-12-32(45)30(8-2)34(26)31/h2,10,12,16-17,25,27-28H,7,9,11,13-15,18-24H2,1,3-6H3/t25-,27-,28-,43-/m1/s1. The first-order valence-corrected chi connectivity index (χ1v) is 20.5. The number of pyridine rings is 1. The summed E-state index contributed by atoms with van der Waals surface area (Å²) in [4.78, 5) is 34.1. The van der Waals surface area contributed by atoms with Crippen LogP contribution in [0.25, 0.3) is 32.9 Å². The largest absolute Gasteiger partial charge is 0.468 e. The van der Waals surface area contributed by atoms with Gasteiger partial charge in [0.1, 0.15) is 40.8 Å². The van der Waals surface area contributed by atoms with Crippen LogP contribution in [0.4, 0.5) is 32.6 Å². The number of terminal acetylenes is 1. The first-order valence-electron chi connectivity index (χ1n) is 20.5. The lowest BCUT2D eigenvalue weighted by Gasteiger charge is -2.46. The maximum Gasteiger partial charge on any atom is 0.410 e. The number of anilines is 1. The van der Waals surface area contributed by atoms with E-state index in [2.05, 4.69) is 15.7 Å². The molecule has 0 saturated carbocycles. The van der Waals surface area contributed by atoms with Crippen LogP contribution in [0.2, 0.25) is 0 Å². The number of hydrogen-bond acceptors (Lipinski definition) is 10. The van der Waals surface area contributed by atoms with Crippen LogP contribution >= 0.6 is 0 Å². The molecule has 6 heterocycles. The van der Waals surface area contributed by atoms with E-state index in [1.54, 1.807) is 17.0 Å². The highest BCUT2D eigenvalue weighted by Gasteiger charge is 2.51. The molecule has 0 N–H and O–H groups in total. The highest BCUT2D eigenvalue weighted by atomic mass is 19.4. The van der Waals surface area contributed by atoms with Crippen LogP contribution in [-0.2, 0) is 15.9 Å². The maximum absolute atomic E-state index is 17.7. The van der Waals surface area contributed by atoms with Gasteiger partial charge in [0.25, 0.3) is 0 Å². The molecule has 0 spiro atoms. The zero-order chi connectivity index (χ0) is 42.7. The zero-order valence-electron chi connectivity index (χ0n) is 34.4. The van der Waals surface area contributed by atoms with Crippen molar-refractivity contribution in [2.75, 3.05) is 51.6 Å². The third kappa shape index (κ3) is 7.86. The number of carbonyl (C=O) groups excluding carboxylic acids is 1. The van der Waals surface area contributed by atoms with Gasteiger partial charge in [-0.1, -0.05) is 18.9 Å². The van der Waals surface area contributed by atoms with Crippen molar-refractivity contribution in [2.45, 2.75) is 102 Å². The van der Waals surface area contributed by atoms with E-state index in [1.807, 2.05) is 27.7 Å². The Morgan fingerprint density at radius 3 is 2.57 bits per heavy atom. The summed E-state index contributed by atoms with van der Waals surface area (Å²) in [5.41, 5.74) is -1.01. The number of carbonyl (C=O) groups is 1. The molecule has 16 heteroatoms. The molecule has 0 unspecified atom stereocenters. The Balaban J connectivity index is 1.28. The quantitative estimate of drug-likeness (QED) is 0.0928. The number of halogens is 5. The maximum atomic E-state index is 17.7. The molecular formula is C44H49F5N6O5. The van der Waals surface area contributed by atoms with E-state index in [1.165, 1.54) is 19.2 Å². The van der Waals surface area contributed by atoms with E-state index in [9.17, 15) is 18.0 Å². The van der Waals surface area contributed by atoms with Crippen LogP contribution in [0.3, 0.4) is 0 Å². The topological polar surface area (TPSA) is 102 Å². The van der Waals surface area contributed by atoms with Crippen molar-refractivity contribution in [1.82, 2.24) is 24.8 Å². The summed E-state index contributed by atoms with van der Waals surface area (Å²) >= 11 is 0. The SMILES string of the molecule is C#Cc1c(F)ccc2cc(OCOC)cc(-c3nc4c5c(nc(OC[C@]67CCCN6C[C@@H](CC(F)(F)F)C7)nc5c3F)N3C[C@@H](CC)N(C(=O)OC(C)(C)C)C[C@H]3CC4)c12. The fraction of sp³-hybridized carbons (Fsp3) is 0.545. The van der Waals surface area contributed by atoms with Gasteiger partial charge >= 0.3 is 18.3 Å². The molecule has 1 amide bonds. The number of ether oxygens (including phenoxy) is 4. The predicted molar refractivity (Wildman–Crippen MR) is 215 cm³/mol. The first-order chi connectivity index (χ1) is 28.5. The summed E-state index contributed by atoms with van der Waals surface area (Å²) in [7, 11) is 1.46. The number of piperazine rings is 1. The van der Waals surface area contributed by atoms with E-state index in [-0.39, 0.29) is 59.2 Å². The molecule has 4 aliphatic rings. The van der Waals surface area contributed by atoms with Gasteiger partial charge in [0, 0.05) is 50.2 Å². The second-order valence-electron chi connectivity index (χ2n) is 17.5. The lowest BCUT2D eigenvalue weighted by Crippen LogP contribution is -2.60. The van der Waals surface area contributed by atoms with Gasteiger partial charge in [-0.25, -0.2) is 18.6 Å². The molecule has 11 nitrogen and oxygen atoms in total. The van der Waals surface area contributed by atoms with Crippen LogP contribution in [0.5, 0.6) is 11.8 Å². The van der Waals surface area contributed by atoms with E-state index in [4.69, 9.17) is 40.3 Å². The minimum absolute atomic E-state index is 0.0144. The van der Waals surface area contributed by atoms with Gasteiger partial charge in [0.2, 0.25) is 0 Å². The Morgan fingerprint density at radius 1 is 1.05 bits per heavy atom. The minimum Gasteiger partial charge on any atom is -0.468 e. The monoisotopic (exact) mass is 836 g/mol. The van der Waals surface area contributed by atoms with Crippen molar-refractivity contribution in [1.29, 1.82) is 0 Å². The molecule has 4 aliphatic heterocycles. The summed E-state index contributed by atoms with van der Waals surface area (Å²) < 4.78 is 96.8. The summed E-state index contributed by atoms with van der Waals surface area (Å²) in [6.45, 7) is 8.93. The highest BCUT2D eigenvalue weighted by molar-refractivity contribution is 6.03. The van der Waals surface area contributed by atoms with Crippen molar-refractivity contribution < 1.29 is 45.7 Å². The average molecular weight is 837 g/mol. The number of alkyl halides is 3. The lowest BCUT2D eigenvalue weighted by molar-refractivity contribution is -0.143. The summed E-state index contributed by atoms with van der Waals surface area (Å²) in [5, 5.41) is 1.11. The van der Waals surface area contributed by atoms with Crippen LogP contribution in [0.1, 0.15) is 77.5 Å². The van der Waals surface area contributed by atoms with Gasteiger partial charge in [-0.3, -0.25) is 4.90 Å². The summed E-state index contributed by atoms with van der Waals surface area (Å²) in [5.74, 6) is 1.04. The van der Waals surface area contributed by atoms with Crippen molar-refractivity contribution in [3.63, 3.8) is 0 Å². The fourth-order valence-corrected chi connectivity index (χ4v) is 9.75. The molecule has 3 fully saturated rings. The number of fused-ring (bicyclic) bond motifs is 4. The Morgan fingerprint density at radius 2 is 1.85 bits per heavy atom. The van der Waals surface area contributed by atoms with Crippen molar-refractivity contribution >= 4 is 33.6 Å². The van der Waals surface area contributed by atoms with Crippen LogP contribution < -0.4 is 14.4 Å².